The van der Waals surface area contributed by atoms with Crippen LogP contribution in [-0.4, -0.2) is 17.5 Å². The smallest absolute Gasteiger partial charge is 0.545 e. The molecule has 0 fully saturated rings. The molecule has 1 aliphatic rings. The van der Waals surface area contributed by atoms with Crippen molar-refractivity contribution in [2.75, 3.05) is 0 Å². The van der Waals surface area contributed by atoms with E-state index in [9.17, 15) is 19.5 Å². The average molecular weight is 422 g/mol. The van der Waals surface area contributed by atoms with Crippen LogP contribution in [0.2, 0.25) is 0 Å². The van der Waals surface area contributed by atoms with Gasteiger partial charge in [0.2, 0.25) is 0 Å². The van der Waals surface area contributed by atoms with Crippen LogP contribution in [0.5, 0.6) is 5.75 Å². The van der Waals surface area contributed by atoms with Crippen molar-refractivity contribution in [3.05, 3.63) is 99.6 Å². The Labute approximate surface area is 202 Å². The van der Waals surface area contributed by atoms with Crippen molar-refractivity contribution in [2.45, 2.75) is 26.4 Å². The number of hydrogen-bond donors (Lipinski definition) is 0. The Morgan fingerprint density at radius 3 is 2.06 bits per heavy atom. The fourth-order valence-electron chi connectivity index (χ4n) is 3.83. The van der Waals surface area contributed by atoms with Gasteiger partial charge >= 0.3 is 29.6 Å². The summed E-state index contributed by atoms with van der Waals surface area (Å²) < 4.78 is 6.06. The van der Waals surface area contributed by atoms with Crippen LogP contribution in [0.3, 0.4) is 0 Å². The largest absolute Gasteiger partial charge is 1.00 e. The van der Waals surface area contributed by atoms with Crippen LogP contribution in [0.4, 0.5) is 0 Å². The van der Waals surface area contributed by atoms with E-state index < -0.39 is 17.5 Å². The molecule has 3 aromatic carbocycles. The van der Waals surface area contributed by atoms with E-state index in [1.807, 2.05) is 37.3 Å². The molecule has 0 radical (unpaired) electrons. The predicted molar refractivity (Wildman–Crippen MR) is 109 cm³/mol. The molecule has 31 heavy (non-hydrogen) atoms. The summed E-state index contributed by atoms with van der Waals surface area (Å²) in [5.74, 6) is -2.14. The molecule has 150 valence electrons. The molecule has 0 atom stereocenters. The topological polar surface area (TPSA) is 83.5 Å². The quantitative estimate of drug-likeness (QED) is 0.419. The van der Waals surface area contributed by atoms with Gasteiger partial charge in [-0.15, -0.1) is 0 Å². The number of carbonyl (C=O) groups is 3. The zero-order valence-electron chi connectivity index (χ0n) is 17.4. The Morgan fingerprint density at radius 2 is 1.48 bits per heavy atom. The number of rotatable bonds is 6. The molecule has 6 heteroatoms. The van der Waals surface area contributed by atoms with Gasteiger partial charge in [0.05, 0.1) is 11.5 Å². The molecule has 0 amide bonds. The predicted octanol–water partition coefficient (Wildman–Crippen LogP) is 0.361. The van der Waals surface area contributed by atoms with E-state index in [0.29, 0.717) is 18.4 Å². The number of carbonyl (C=O) groups excluding carboxylic acids is 3. The Hall–Kier alpha value is -2.73. The molecule has 0 N–H and O–H groups in total. The molecule has 0 heterocycles. The van der Waals surface area contributed by atoms with Gasteiger partial charge in [0.15, 0.2) is 11.6 Å². The number of aryl methyl sites for hydroxylation is 1. The van der Waals surface area contributed by atoms with Crippen LogP contribution >= 0.6 is 0 Å². The van der Waals surface area contributed by atoms with Crippen LogP contribution < -0.4 is 39.4 Å². The van der Waals surface area contributed by atoms with Crippen LogP contribution in [0.1, 0.15) is 66.7 Å². The van der Waals surface area contributed by atoms with Crippen molar-refractivity contribution in [3.63, 3.8) is 0 Å². The van der Waals surface area contributed by atoms with E-state index in [2.05, 4.69) is 0 Å². The summed E-state index contributed by atoms with van der Waals surface area (Å²) in [4.78, 5) is 38.4. The Kier molecular flexibility index (Phi) is 7.11. The summed E-state index contributed by atoms with van der Waals surface area (Å²) in [6.07, 6.45) is 1.21. The number of carboxylic acids is 1. The summed E-state index contributed by atoms with van der Waals surface area (Å²) in [5, 5.41) is 11.9. The Bertz CT molecular complexity index is 1170. The van der Waals surface area contributed by atoms with Gasteiger partial charge in [0, 0.05) is 22.3 Å². The third-order valence-corrected chi connectivity index (χ3v) is 5.19. The molecule has 4 rings (SSSR count). The van der Waals surface area contributed by atoms with Gasteiger partial charge in [-0.2, -0.15) is 0 Å². The van der Waals surface area contributed by atoms with E-state index >= 15 is 0 Å². The van der Waals surface area contributed by atoms with Crippen molar-refractivity contribution in [1.82, 2.24) is 0 Å². The first-order valence-corrected chi connectivity index (χ1v) is 9.79. The number of ketones is 2. The molecule has 1 aliphatic carbocycles. The maximum atomic E-state index is 13.4. The van der Waals surface area contributed by atoms with Gasteiger partial charge in [-0.25, -0.2) is 0 Å². The maximum Gasteiger partial charge on any atom is 1.00 e. The van der Waals surface area contributed by atoms with Crippen LogP contribution in [0.15, 0.2) is 60.7 Å². The normalized spacial score (nSPS) is 11.9. The SMILES string of the molecule is CCCc1cc(C(=O)[O-])c2c(c1OCc1ccccc1)C(=O)c1ccccc1C2=O.[Na+]. The first kappa shape index (κ1) is 22.9. The molecular weight excluding hydrogens is 403 g/mol. The molecule has 0 aromatic heterocycles. The minimum atomic E-state index is -1.49. The second-order valence-corrected chi connectivity index (χ2v) is 7.18. The summed E-state index contributed by atoms with van der Waals surface area (Å²) in [5.41, 5.74) is 1.50. The number of carboxylic acid groups (broad SMARTS) is 1. The van der Waals surface area contributed by atoms with E-state index in [1.165, 1.54) is 12.1 Å². The molecular formula is C25H19NaO5. The molecule has 3 aromatic rings. The van der Waals surface area contributed by atoms with Gasteiger partial charge in [0.1, 0.15) is 12.4 Å². The molecule has 0 aliphatic heterocycles. The molecule has 0 saturated heterocycles. The standard InChI is InChI=1S/C25H20O5.Na/c1-2-8-16-13-19(25(28)29)20-21(24(16)30-14-15-9-4-3-5-10-15)23(27)18-12-7-6-11-17(18)22(20)26;/h3-7,9-13H,2,8,14H2,1H3,(H,28,29);/q;+1/p-1. The molecule has 5 nitrogen and oxygen atoms in total. The maximum absolute atomic E-state index is 13.4. The van der Waals surface area contributed by atoms with Gasteiger partial charge < -0.3 is 14.6 Å². The minimum absolute atomic E-state index is 0. The van der Waals surface area contributed by atoms with Crippen LogP contribution in [0.25, 0.3) is 0 Å². The Balaban J connectivity index is 0.00000272. The number of fused-ring (bicyclic) bond motifs is 2. The van der Waals surface area contributed by atoms with Gasteiger partial charge in [-0.3, -0.25) is 9.59 Å². The number of hydrogen-bond acceptors (Lipinski definition) is 5. The summed E-state index contributed by atoms with van der Waals surface area (Å²) >= 11 is 0. The van der Waals surface area contributed by atoms with Crippen molar-refractivity contribution in [1.29, 1.82) is 0 Å². The van der Waals surface area contributed by atoms with Gasteiger partial charge in [0.25, 0.3) is 0 Å². The van der Waals surface area contributed by atoms with Gasteiger partial charge in [-0.05, 0) is 23.6 Å². The number of benzene rings is 3. The van der Waals surface area contributed by atoms with Crippen molar-refractivity contribution in [2.24, 2.45) is 0 Å². The Morgan fingerprint density at radius 1 is 0.903 bits per heavy atom. The summed E-state index contributed by atoms with van der Waals surface area (Å²) in [6.45, 7) is 2.14. The summed E-state index contributed by atoms with van der Waals surface area (Å²) in [7, 11) is 0. The second-order valence-electron chi connectivity index (χ2n) is 7.18. The van der Waals surface area contributed by atoms with Gasteiger partial charge in [-0.1, -0.05) is 67.9 Å². The number of aromatic carboxylic acids is 1. The average Bonchev–Trinajstić information content (AvgIpc) is 2.76. The van der Waals surface area contributed by atoms with Crippen LogP contribution in [-0.2, 0) is 13.0 Å². The second kappa shape index (κ2) is 9.60. The monoisotopic (exact) mass is 422 g/mol. The molecule has 0 unspecified atom stereocenters. The molecule has 0 spiro atoms. The van der Waals surface area contributed by atoms with Crippen molar-refractivity contribution < 1.29 is 53.8 Å². The van der Waals surface area contributed by atoms with E-state index in [4.69, 9.17) is 4.74 Å². The van der Waals surface area contributed by atoms with Crippen molar-refractivity contribution in [3.8, 4) is 5.75 Å². The fourth-order valence-corrected chi connectivity index (χ4v) is 3.83. The first-order valence-electron chi connectivity index (χ1n) is 9.79. The van der Waals surface area contributed by atoms with Crippen LogP contribution in [0, 0.1) is 0 Å². The van der Waals surface area contributed by atoms with E-state index in [1.54, 1.807) is 18.2 Å². The zero-order valence-corrected chi connectivity index (χ0v) is 19.4. The number of ether oxygens (including phenoxy) is 1. The van der Waals surface area contributed by atoms with E-state index in [0.717, 1.165) is 5.56 Å². The van der Waals surface area contributed by atoms with Crippen molar-refractivity contribution >= 4 is 17.5 Å². The fraction of sp³-hybridized carbons (Fsp3) is 0.160. The zero-order chi connectivity index (χ0) is 21.3. The minimum Gasteiger partial charge on any atom is -0.545 e. The van der Waals surface area contributed by atoms with E-state index in [-0.39, 0.29) is 69.7 Å². The first-order chi connectivity index (χ1) is 14.5. The summed E-state index contributed by atoms with van der Waals surface area (Å²) in [6, 6.07) is 17.3. The third-order valence-electron chi connectivity index (χ3n) is 5.19. The molecule has 0 bridgehead atoms. The molecule has 0 saturated carbocycles. The third kappa shape index (κ3) is 4.22.